The molecule has 3 N–H and O–H groups in total. The molecule has 1 heterocycles. The number of fused-ring (bicyclic) bond motifs is 1. The van der Waals surface area contributed by atoms with Gasteiger partial charge in [0.15, 0.2) is 11.5 Å². The van der Waals surface area contributed by atoms with Gasteiger partial charge in [-0.25, -0.2) is 0 Å². The minimum atomic E-state index is 0.0771. The number of halogens is 1. The lowest BCUT2D eigenvalue weighted by Crippen LogP contribution is -2.35. The smallest absolute Gasteiger partial charge is 0.179 e. The summed E-state index contributed by atoms with van der Waals surface area (Å²) < 4.78 is 11.2. The van der Waals surface area contributed by atoms with Crippen molar-refractivity contribution in [2.75, 3.05) is 19.8 Å². The summed E-state index contributed by atoms with van der Waals surface area (Å²) >= 11 is 6.28. The Morgan fingerprint density at radius 2 is 2.00 bits per heavy atom. The van der Waals surface area contributed by atoms with Crippen molar-refractivity contribution in [2.45, 2.75) is 24.9 Å². The van der Waals surface area contributed by atoms with E-state index in [1.165, 1.54) is 0 Å². The summed E-state index contributed by atoms with van der Waals surface area (Å²) in [5.74, 6) is 1.35. The van der Waals surface area contributed by atoms with Crippen molar-refractivity contribution in [3.63, 3.8) is 0 Å². The molecule has 0 saturated heterocycles. The lowest BCUT2D eigenvalue weighted by molar-refractivity contribution is 0.171. The Labute approximate surface area is 123 Å². The van der Waals surface area contributed by atoms with Gasteiger partial charge in [0.1, 0.15) is 13.2 Å². The van der Waals surface area contributed by atoms with Crippen molar-refractivity contribution in [1.82, 2.24) is 5.32 Å². The average molecular weight is 295 g/mol. The largest absolute Gasteiger partial charge is 0.486 e. The van der Waals surface area contributed by atoms with Gasteiger partial charge in [-0.05, 0) is 30.5 Å². The van der Waals surface area contributed by atoms with Gasteiger partial charge in [0.2, 0.25) is 0 Å². The second-order valence-electron chi connectivity index (χ2n) is 5.12. The first-order chi connectivity index (χ1) is 9.78. The van der Waals surface area contributed by atoms with Gasteiger partial charge in [-0.3, -0.25) is 0 Å². The number of nitrogens with two attached hydrogens (primary N) is 1. The first-order valence-electron chi connectivity index (χ1n) is 6.98. The van der Waals surface area contributed by atoms with Gasteiger partial charge in [0, 0.05) is 18.6 Å². The van der Waals surface area contributed by atoms with Crippen LogP contribution in [0.4, 0.5) is 0 Å². The molecule has 4 nitrogen and oxygen atoms in total. The summed E-state index contributed by atoms with van der Waals surface area (Å²) in [6.07, 6.45) is 6.49. The Kier molecular flexibility index (Phi) is 4.15. The zero-order valence-electron chi connectivity index (χ0n) is 11.3. The minimum absolute atomic E-state index is 0.0771. The van der Waals surface area contributed by atoms with Gasteiger partial charge >= 0.3 is 0 Å². The first-order valence-corrected chi connectivity index (χ1v) is 7.36. The average Bonchev–Trinajstić information content (AvgIpc) is 2.97. The highest BCUT2D eigenvalue weighted by Crippen LogP contribution is 2.39. The van der Waals surface area contributed by atoms with Gasteiger partial charge in [0.05, 0.1) is 5.02 Å². The summed E-state index contributed by atoms with van der Waals surface area (Å²) in [4.78, 5) is 0. The van der Waals surface area contributed by atoms with Gasteiger partial charge in [-0.1, -0.05) is 23.8 Å². The van der Waals surface area contributed by atoms with Crippen LogP contribution in [0.15, 0.2) is 24.3 Å². The molecule has 0 spiro atoms. The zero-order valence-corrected chi connectivity index (χ0v) is 12.0. The summed E-state index contributed by atoms with van der Waals surface area (Å²) in [5.41, 5.74) is 6.96. The molecule has 108 valence electrons. The third-order valence-electron chi connectivity index (χ3n) is 3.70. The molecule has 1 aromatic carbocycles. The molecule has 1 aromatic rings. The number of nitrogens with one attached hydrogen (secondary N) is 1. The van der Waals surface area contributed by atoms with E-state index >= 15 is 0 Å². The van der Waals surface area contributed by atoms with Gasteiger partial charge in [-0.2, -0.15) is 0 Å². The van der Waals surface area contributed by atoms with E-state index in [0.717, 1.165) is 18.4 Å². The fraction of sp³-hybridized carbons (Fsp3) is 0.467. The normalized spacial score (nSPS) is 19.3. The second-order valence-corrected chi connectivity index (χ2v) is 5.53. The molecule has 2 aliphatic rings. The molecule has 1 unspecified atom stereocenters. The minimum Gasteiger partial charge on any atom is -0.486 e. The Balaban J connectivity index is 1.81. The van der Waals surface area contributed by atoms with Crippen LogP contribution in [0.2, 0.25) is 5.02 Å². The van der Waals surface area contributed by atoms with Crippen LogP contribution in [0.5, 0.6) is 11.5 Å². The second kappa shape index (κ2) is 6.04. The van der Waals surface area contributed by atoms with E-state index in [4.69, 9.17) is 26.8 Å². The van der Waals surface area contributed by atoms with E-state index in [1.54, 1.807) is 0 Å². The molecule has 0 saturated carbocycles. The molecule has 0 radical (unpaired) electrons. The predicted molar refractivity (Wildman–Crippen MR) is 79.5 cm³/mol. The third kappa shape index (κ3) is 2.77. The first kappa shape index (κ1) is 13.7. The summed E-state index contributed by atoms with van der Waals surface area (Å²) in [6.45, 7) is 1.62. The van der Waals surface area contributed by atoms with Crippen molar-refractivity contribution in [3.05, 3.63) is 34.9 Å². The third-order valence-corrected chi connectivity index (χ3v) is 3.98. The van der Waals surface area contributed by atoms with Crippen LogP contribution in [-0.2, 0) is 0 Å². The van der Waals surface area contributed by atoms with Gasteiger partial charge in [0.25, 0.3) is 0 Å². The number of ether oxygens (including phenoxy) is 2. The van der Waals surface area contributed by atoms with E-state index in [-0.39, 0.29) is 6.04 Å². The summed E-state index contributed by atoms with van der Waals surface area (Å²) in [7, 11) is 0. The molecule has 1 aliphatic heterocycles. The highest BCUT2D eigenvalue weighted by atomic mass is 35.5. The monoisotopic (exact) mass is 294 g/mol. The Morgan fingerprint density at radius 1 is 1.25 bits per heavy atom. The molecular formula is C15H19ClN2O2. The number of hydrogen-bond donors (Lipinski definition) is 2. The summed E-state index contributed by atoms with van der Waals surface area (Å²) in [5, 5.41) is 4.16. The van der Waals surface area contributed by atoms with E-state index in [2.05, 4.69) is 17.5 Å². The Bertz CT molecular complexity index is 511. The van der Waals surface area contributed by atoms with Crippen LogP contribution in [0, 0.1) is 0 Å². The van der Waals surface area contributed by atoms with Crippen LogP contribution < -0.4 is 20.5 Å². The molecule has 0 fully saturated rings. The van der Waals surface area contributed by atoms with E-state index < -0.39 is 0 Å². The van der Waals surface area contributed by atoms with Crippen molar-refractivity contribution in [2.24, 2.45) is 5.73 Å². The molecule has 0 bridgehead atoms. The van der Waals surface area contributed by atoms with Crippen molar-refractivity contribution < 1.29 is 9.47 Å². The molecule has 3 rings (SSSR count). The van der Waals surface area contributed by atoms with Crippen LogP contribution in [0.3, 0.4) is 0 Å². The highest BCUT2D eigenvalue weighted by molar-refractivity contribution is 6.32. The van der Waals surface area contributed by atoms with E-state index in [9.17, 15) is 0 Å². The maximum absolute atomic E-state index is 6.28. The standard InChI is InChI=1S/C15H19ClN2O2/c16-12-7-10(8-14-15(12)20-6-5-19-14)13(9-17)18-11-3-1-2-4-11/h1-2,7-8,11,13,18H,3-6,9,17H2. The molecule has 0 amide bonds. The van der Waals surface area contributed by atoms with E-state index in [1.807, 2.05) is 12.1 Å². The highest BCUT2D eigenvalue weighted by Gasteiger charge is 2.22. The number of rotatable bonds is 4. The van der Waals surface area contributed by atoms with Gasteiger partial charge < -0.3 is 20.5 Å². The lowest BCUT2D eigenvalue weighted by Gasteiger charge is -2.25. The maximum atomic E-state index is 6.28. The molecule has 0 aromatic heterocycles. The van der Waals surface area contributed by atoms with Crippen LogP contribution in [0.1, 0.15) is 24.4 Å². The maximum Gasteiger partial charge on any atom is 0.179 e. The lowest BCUT2D eigenvalue weighted by atomic mass is 10.0. The van der Waals surface area contributed by atoms with Crippen LogP contribution in [0.25, 0.3) is 0 Å². The quantitative estimate of drug-likeness (QED) is 0.838. The number of benzene rings is 1. The molecule has 5 heteroatoms. The summed E-state index contributed by atoms with van der Waals surface area (Å²) in [6, 6.07) is 4.43. The fourth-order valence-corrected chi connectivity index (χ4v) is 2.94. The zero-order chi connectivity index (χ0) is 13.9. The number of hydrogen-bond acceptors (Lipinski definition) is 4. The van der Waals surface area contributed by atoms with Crippen LogP contribution >= 0.6 is 11.6 Å². The van der Waals surface area contributed by atoms with Crippen molar-refractivity contribution in [1.29, 1.82) is 0 Å². The SMILES string of the molecule is NCC(NC1CC=CC1)c1cc(Cl)c2c(c1)OCCO2. The molecule has 1 aliphatic carbocycles. The molecule has 20 heavy (non-hydrogen) atoms. The Morgan fingerprint density at radius 3 is 2.75 bits per heavy atom. The van der Waals surface area contributed by atoms with E-state index in [0.29, 0.717) is 42.3 Å². The topological polar surface area (TPSA) is 56.5 Å². The van der Waals surface area contributed by atoms with Crippen molar-refractivity contribution >= 4 is 11.6 Å². The van der Waals surface area contributed by atoms with Crippen molar-refractivity contribution in [3.8, 4) is 11.5 Å². The predicted octanol–water partition coefficient (Wildman–Crippen LogP) is 2.42. The molecular weight excluding hydrogens is 276 g/mol. The Hall–Kier alpha value is -1.23. The van der Waals surface area contributed by atoms with Gasteiger partial charge in [-0.15, -0.1) is 0 Å². The fourth-order valence-electron chi connectivity index (χ4n) is 2.67. The molecule has 1 atom stereocenters. The van der Waals surface area contributed by atoms with Crippen LogP contribution in [-0.4, -0.2) is 25.8 Å².